The summed E-state index contributed by atoms with van der Waals surface area (Å²) in [5, 5.41) is 6.52. The number of carbonyl (C=O) groups excluding carboxylic acids is 2. The minimum absolute atomic E-state index is 0. The molecule has 3 heterocycles. The summed E-state index contributed by atoms with van der Waals surface area (Å²) in [6.07, 6.45) is 3.74. The van der Waals surface area contributed by atoms with Gasteiger partial charge in [-0.05, 0) is 60.8 Å². The van der Waals surface area contributed by atoms with Gasteiger partial charge in [0.2, 0.25) is 0 Å². The standard InChI is InChI=1S/C14H28N2O3.C9H18N2O2.C9H20N2O.C6H14O4S.ClH.HI.K/c1-5-11-18-12-10-15-6-8-16(9-7-15)13(17)19-14(2,3)4;1-9(2,3)13-8(12)11-6-4-10-5-7-11;1-2-8-12-9-7-11-5-3-10-4-6-11;1-3-4-9-5-6-10-11(2,7)8;;;/h5-12H2,1-4H3;10H,4-7H2,1-3H3;10H,2-9H2,1H3;3-6H2,1-2H3;2*1H;/q;;;;;;+1/p-1. The fraction of sp³-hybridized carbons (Fsp3) is 0.947. The molecule has 3 rings (SSSR count). The first-order chi connectivity index (χ1) is 25.9. The Kier molecular flexibility index (Phi) is 44.5. The first-order valence-electron chi connectivity index (χ1n) is 20.3. The molecule has 3 fully saturated rings. The first-order valence-corrected chi connectivity index (χ1v) is 22.1. The molecule has 20 heteroatoms. The van der Waals surface area contributed by atoms with Crippen molar-refractivity contribution < 1.29 is 121 Å². The van der Waals surface area contributed by atoms with Gasteiger partial charge in [-0.15, -0.1) is 12.4 Å². The van der Waals surface area contributed by atoms with Gasteiger partial charge in [0.25, 0.3) is 10.1 Å². The van der Waals surface area contributed by atoms with Gasteiger partial charge in [0.05, 0.1) is 32.7 Å². The van der Waals surface area contributed by atoms with E-state index in [4.69, 9.17) is 23.7 Å². The fourth-order valence-corrected chi connectivity index (χ4v) is 5.33. The Labute approximate surface area is 418 Å². The molecule has 3 aliphatic heterocycles. The molecule has 0 atom stereocenters. The maximum Gasteiger partial charge on any atom is 1.00 e. The molecular formula is C38H81ClIKN6O10S. The fourth-order valence-electron chi connectivity index (χ4n) is 4.96. The van der Waals surface area contributed by atoms with Crippen LogP contribution in [0.4, 0.5) is 9.59 Å². The van der Waals surface area contributed by atoms with Crippen molar-refractivity contribution in [1.82, 2.24) is 30.2 Å². The van der Waals surface area contributed by atoms with Crippen LogP contribution in [0.25, 0.3) is 0 Å². The minimum atomic E-state index is -3.29. The number of piperazine rings is 3. The van der Waals surface area contributed by atoms with Crippen LogP contribution < -0.4 is 86.0 Å². The van der Waals surface area contributed by atoms with Gasteiger partial charge < -0.3 is 68.1 Å². The number of hydrogen-bond acceptors (Lipinski definition) is 14. The molecule has 0 aromatic heterocycles. The van der Waals surface area contributed by atoms with Crippen LogP contribution in [0, 0.1) is 0 Å². The van der Waals surface area contributed by atoms with Gasteiger partial charge in [0.1, 0.15) is 11.2 Å². The van der Waals surface area contributed by atoms with E-state index in [9.17, 15) is 18.0 Å². The average molecular weight is 1020 g/mol. The van der Waals surface area contributed by atoms with Crippen molar-refractivity contribution in [3.05, 3.63) is 0 Å². The molecule has 0 aliphatic carbocycles. The van der Waals surface area contributed by atoms with Crippen molar-refractivity contribution in [2.45, 2.75) is 92.8 Å². The van der Waals surface area contributed by atoms with Crippen molar-refractivity contribution >= 4 is 34.7 Å². The SMILES string of the molecule is CC(C)(C)OC(=O)N1CCNCC1.CCCOCCN1CCN(C(=O)OC(C)(C)C)CC1.CCCOCCN1CCNCC1.CCCOCCOS(C)(=O)=O.Cl.[I-].[K+]. The van der Waals surface area contributed by atoms with Crippen molar-refractivity contribution in [3.63, 3.8) is 0 Å². The normalized spacial score (nSPS) is 16.2. The first kappa shape index (κ1) is 65.4. The topological polar surface area (TPSA) is 161 Å². The molecule has 0 aromatic carbocycles. The molecule has 0 radical (unpaired) electrons. The number of nitrogens with one attached hydrogen (secondary N) is 2. The van der Waals surface area contributed by atoms with Crippen LogP contribution in [0.15, 0.2) is 0 Å². The van der Waals surface area contributed by atoms with Crippen LogP contribution in [0.3, 0.4) is 0 Å². The van der Waals surface area contributed by atoms with Gasteiger partial charge in [-0.1, -0.05) is 20.8 Å². The maximum atomic E-state index is 11.9. The molecule has 3 saturated heterocycles. The van der Waals surface area contributed by atoms with Crippen LogP contribution >= 0.6 is 12.4 Å². The number of carbonyl (C=O) groups is 2. The zero-order valence-corrected chi connectivity index (χ0v) is 44.9. The maximum absolute atomic E-state index is 11.9. The predicted octanol–water partition coefficient (Wildman–Crippen LogP) is -2.07. The largest absolute Gasteiger partial charge is 1.00 e. The second kappa shape index (κ2) is 39.4. The van der Waals surface area contributed by atoms with Crippen LogP contribution in [0.5, 0.6) is 0 Å². The summed E-state index contributed by atoms with van der Waals surface area (Å²) < 4.78 is 51.7. The third kappa shape index (κ3) is 42.1. The Morgan fingerprint density at radius 3 is 1.26 bits per heavy atom. The van der Waals surface area contributed by atoms with E-state index in [1.165, 1.54) is 13.1 Å². The molecule has 0 aromatic rings. The summed E-state index contributed by atoms with van der Waals surface area (Å²) in [5.74, 6) is 0. The van der Waals surface area contributed by atoms with Gasteiger partial charge in [0.15, 0.2) is 0 Å². The number of halogens is 2. The van der Waals surface area contributed by atoms with Gasteiger partial charge in [-0.3, -0.25) is 14.0 Å². The van der Waals surface area contributed by atoms with Crippen LogP contribution in [-0.4, -0.2) is 196 Å². The van der Waals surface area contributed by atoms with E-state index in [1.54, 1.807) is 9.80 Å². The number of amides is 2. The van der Waals surface area contributed by atoms with Gasteiger partial charge in [-0.2, -0.15) is 8.42 Å². The molecule has 16 nitrogen and oxygen atoms in total. The summed E-state index contributed by atoms with van der Waals surface area (Å²) in [4.78, 5) is 31.7. The molecular weight excluding hydrogens is 934 g/mol. The van der Waals surface area contributed by atoms with Gasteiger partial charge in [-0.25, -0.2) is 9.59 Å². The number of hydrogen-bond donors (Lipinski definition) is 2. The predicted molar refractivity (Wildman–Crippen MR) is 226 cm³/mol. The van der Waals surface area contributed by atoms with Crippen LogP contribution in [0.2, 0.25) is 0 Å². The monoisotopic (exact) mass is 1010 g/mol. The molecule has 0 saturated carbocycles. The summed E-state index contributed by atoms with van der Waals surface area (Å²) in [5.41, 5.74) is -0.801. The second-order valence-corrected chi connectivity index (χ2v) is 17.1. The van der Waals surface area contributed by atoms with E-state index >= 15 is 0 Å². The molecule has 0 unspecified atom stereocenters. The quantitative estimate of drug-likeness (QED) is 0.0752. The summed E-state index contributed by atoms with van der Waals surface area (Å²) in [6, 6.07) is 0. The van der Waals surface area contributed by atoms with Crippen molar-refractivity contribution in [1.29, 1.82) is 0 Å². The smallest absolute Gasteiger partial charge is 1.00 e. The third-order valence-electron chi connectivity index (χ3n) is 7.68. The Morgan fingerprint density at radius 2 is 0.897 bits per heavy atom. The van der Waals surface area contributed by atoms with Crippen LogP contribution in [-0.2, 0) is 38.0 Å². The molecule has 58 heavy (non-hydrogen) atoms. The molecule has 0 spiro atoms. The third-order valence-corrected chi connectivity index (χ3v) is 8.27. The number of rotatable bonds is 16. The van der Waals surface area contributed by atoms with Crippen LogP contribution in [0.1, 0.15) is 81.6 Å². The Bertz CT molecular complexity index is 1080. The molecule has 2 amide bonds. The van der Waals surface area contributed by atoms with Crippen molar-refractivity contribution in [2.75, 3.05) is 144 Å². The Hall–Kier alpha value is 0.826. The van der Waals surface area contributed by atoms with Crippen molar-refractivity contribution in [2.24, 2.45) is 0 Å². The summed E-state index contributed by atoms with van der Waals surface area (Å²) in [7, 11) is -3.29. The molecule has 344 valence electrons. The van der Waals surface area contributed by atoms with Crippen molar-refractivity contribution in [3.8, 4) is 0 Å². The zero-order chi connectivity index (χ0) is 41.6. The second-order valence-electron chi connectivity index (χ2n) is 15.5. The van der Waals surface area contributed by atoms with E-state index in [2.05, 4.69) is 38.5 Å². The van der Waals surface area contributed by atoms with E-state index in [0.717, 1.165) is 130 Å². The minimum Gasteiger partial charge on any atom is -1.00 e. The van der Waals surface area contributed by atoms with E-state index in [-0.39, 0.29) is 112 Å². The van der Waals surface area contributed by atoms with E-state index < -0.39 is 15.7 Å². The average Bonchev–Trinajstić information content (AvgIpc) is 3.12. The summed E-state index contributed by atoms with van der Waals surface area (Å²) in [6.45, 7) is 35.2. The number of nitrogens with zero attached hydrogens (tertiary/aromatic N) is 4. The Morgan fingerprint density at radius 1 is 0.552 bits per heavy atom. The molecule has 0 bridgehead atoms. The van der Waals surface area contributed by atoms with Gasteiger partial charge in [0, 0.05) is 111 Å². The Balaban J connectivity index is -0.000000337. The molecule has 3 aliphatic rings. The molecule has 2 N–H and O–H groups in total. The zero-order valence-electron chi connectivity index (χ0n) is 38.0. The van der Waals surface area contributed by atoms with E-state index in [0.29, 0.717) is 13.2 Å². The summed E-state index contributed by atoms with van der Waals surface area (Å²) >= 11 is 0. The van der Waals surface area contributed by atoms with E-state index in [1.807, 2.05) is 48.5 Å². The number of ether oxygens (including phenoxy) is 5. The van der Waals surface area contributed by atoms with Gasteiger partial charge >= 0.3 is 63.6 Å².